The average Bonchev–Trinajstić information content (AvgIpc) is 3.23. The van der Waals surface area contributed by atoms with Crippen molar-refractivity contribution in [2.24, 2.45) is 0 Å². The van der Waals surface area contributed by atoms with Gasteiger partial charge in [-0.2, -0.15) is 0 Å². The molecule has 0 bridgehead atoms. The first kappa shape index (κ1) is 19.6. The molecule has 1 fully saturated rings. The van der Waals surface area contributed by atoms with Crippen LogP contribution in [0.25, 0.3) is 11.3 Å². The van der Waals surface area contributed by atoms with Gasteiger partial charge in [0, 0.05) is 44.0 Å². The molecule has 0 aliphatic carbocycles. The molecule has 4 rings (SSSR count). The van der Waals surface area contributed by atoms with E-state index in [1.807, 2.05) is 16.9 Å². The van der Waals surface area contributed by atoms with Crippen molar-refractivity contribution in [2.75, 3.05) is 37.6 Å². The second kappa shape index (κ2) is 9.23. The van der Waals surface area contributed by atoms with Gasteiger partial charge in [-0.3, -0.25) is 4.90 Å². The van der Waals surface area contributed by atoms with Crippen LogP contribution in [0.4, 0.5) is 5.69 Å². The minimum absolute atomic E-state index is 0.923. The molecule has 0 atom stereocenters. The fraction of sp³-hybridized carbons (Fsp3) is 0.417. The predicted octanol–water partition coefficient (Wildman–Crippen LogP) is 4.16. The summed E-state index contributed by atoms with van der Waals surface area (Å²) in [6, 6.07) is 17.2. The molecule has 1 aromatic heterocycles. The number of rotatable bonds is 7. The number of unbranched alkanes of at least 4 members (excludes halogenated alkanes) is 1. The van der Waals surface area contributed by atoms with E-state index in [1.165, 1.54) is 28.8 Å². The molecule has 1 aliphatic heterocycles. The summed E-state index contributed by atoms with van der Waals surface area (Å²) in [5.74, 6) is 0. The number of benzene rings is 2. The lowest BCUT2D eigenvalue weighted by atomic mass is 10.1. The summed E-state index contributed by atoms with van der Waals surface area (Å²) in [4.78, 5) is 5.11. The normalized spacial score (nSPS) is 15.0. The van der Waals surface area contributed by atoms with Crippen molar-refractivity contribution in [3.05, 3.63) is 65.9 Å². The zero-order valence-corrected chi connectivity index (χ0v) is 17.6. The first-order chi connectivity index (χ1) is 14.2. The van der Waals surface area contributed by atoms with Crippen LogP contribution in [0.1, 0.15) is 24.0 Å². The third-order valence-corrected chi connectivity index (χ3v) is 6.01. The summed E-state index contributed by atoms with van der Waals surface area (Å²) in [7, 11) is 0. The minimum Gasteiger partial charge on any atom is -0.369 e. The Hall–Kier alpha value is -2.66. The van der Waals surface area contributed by atoms with E-state index in [2.05, 4.69) is 76.4 Å². The van der Waals surface area contributed by atoms with Gasteiger partial charge >= 0.3 is 0 Å². The van der Waals surface area contributed by atoms with E-state index in [0.29, 0.717) is 0 Å². The molecule has 5 nitrogen and oxygen atoms in total. The lowest BCUT2D eigenvalue weighted by molar-refractivity contribution is 0.251. The predicted molar refractivity (Wildman–Crippen MR) is 119 cm³/mol. The number of hydrogen-bond donors (Lipinski definition) is 0. The highest BCUT2D eigenvalue weighted by Gasteiger charge is 2.17. The van der Waals surface area contributed by atoms with Gasteiger partial charge < -0.3 is 4.90 Å². The van der Waals surface area contributed by atoms with Gasteiger partial charge in [-0.25, -0.2) is 4.68 Å². The van der Waals surface area contributed by atoms with E-state index >= 15 is 0 Å². The average molecular weight is 390 g/mol. The molecular weight excluding hydrogens is 358 g/mol. The highest BCUT2D eigenvalue weighted by atomic mass is 15.4. The Morgan fingerprint density at radius 1 is 0.828 bits per heavy atom. The molecule has 152 valence electrons. The molecule has 5 heteroatoms. The maximum absolute atomic E-state index is 4.28. The Kier molecular flexibility index (Phi) is 6.25. The van der Waals surface area contributed by atoms with Gasteiger partial charge in [0.25, 0.3) is 0 Å². The van der Waals surface area contributed by atoms with Crippen LogP contribution in [-0.4, -0.2) is 52.6 Å². The number of aromatic nitrogens is 3. The monoisotopic (exact) mass is 389 g/mol. The zero-order chi connectivity index (χ0) is 20.1. The van der Waals surface area contributed by atoms with Crippen molar-refractivity contribution in [1.29, 1.82) is 0 Å². The highest BCUT2D eigenvalue weighted by molar-refractivity contribution is 5.57. The van der Waals surface area contributed by atoms with Crippen LogP contribution in [0.5, 0.6) is 0 Å². The van der Waals surface area contributed by atoms with Crippen molar-refractivity contribution in [3.8, 4) is 11.3 Å². The quantitative estimate of drug-likeness (QED) is 0.569. The molecule has 2 heterocycles. The zero-order valence-electron chi connectivity index (χ0n) is 17.6. The molecule has 0 radical (unpaired) electrons. The van der Waals surface area contributed by atoms with Crippen LogP contribution in [0, 0.1) is 13.8 Å². The van der Waals surface area contributed by atoms with E-state index in [9.17, 15) is 0 Å². The third kappa shape index (κ3) is 4.85. The Morgan fingerprint density at radius 2 is 1.59 bits per heavy atom. The van der Waals surface area contributed by atoms with Gasteiger partial charge in [-0.05, 0) is 56.5 Å². The van der Waals surface area contributed by atoms with Crippen molar-refractivity contribution in [2.45, 2.75) is 33.2 Å². The molecule has 0 spiro atoms. The summed E-state index contributed by atoms with van der Waals surface area (Å²) in [6.45, 7) is 11.0. The number of aryl methyl sites for hydroxylation is 3. The van der Waals surface area contributed by atoms with Crippen LogP contribution in [0.2, 0.25) is 0 Å². The number of anilines is 1. The fourth-order valence-corrected chi connectivity index (χ4v) is 4.00. The van der Waals surface area contributed by atoms with Crippen molar-refractivity contribution < 1.29 is 0 Å². The maximum Gasteiger partial charge on any atom is 0.0885 e. The number of nitrogens with zero attached hydrogens (tertiary/aromatic N) is 5. The molecule has 0 N–H and O–H groups in total. The summed E-state index contributed by atoms with van der Waals surface area (Å²) < 4.78 is 2.03. The Labute approximate surface area is 174 Å². The largest absolute Gasteiger partial charge is 0.369 e. The van der Waals surface area contributed by atoms with Crippen molar-refractivity contribution in [1.82, 2.24) is 19.9 Å². The third-order valence-electron chi connectivity index (χ3n) is 6.01. The summed E-state index contributed by atoms with van der Waals surface area (Å²) in [6.07, 6.45) is 4.18. The smallest absolute Gasteiger partial charge is 0.0885 e. The standard InChI is InChI=1S/C24H31N5/c1-20-10-11-23(18-21(20)2)28-16-14-27(15-17-28)12-6-7-13-29-24(19-25-26-29)22-8-4-3-5-9-22/h3-5,8-11,18-19H,6-7,12-17H2,1-2H3. The van der Waals surface area contributed by atoms with Crippen molar-refractivity contribution >= 4 is 5.69 Å². The molecule has 2 aromatic carbocycles. The topological polar surface area (TPSA) is 37.2 Å². The highest BCUT2D eigenvalue weighted by Crippen LogP contribution is 2.21. The lowest BCUT2D eigenvalue weighted by Gasteiger charge is -2.36. The van der Waals surface area contributed by atoms with Crippen LogP contribution in [0.3, 0.4) is 0 Å². The van der Waals surface area contributed by atoms with Gasteiger partial charge in [-0.15, -0.1) is 5.10 Å². The second-order valence-electron chi connectivity index (χ2n) is 8.01. The van der Waals surface area contributed by atoms with Crippen LogP contribution >= 0.6 is 0 Å². The lowest BCUT2D eigenvalue weighted by Crippen LogP contribution is -2.46. The van der Waals surface area contributed by atoms with Gasteiger partial charge in [0.05, 0.1) is 11.9 Å². The van der Waals surface area contributed by atoms with E-state index < -0.39 is 0 Å². The second-order valence-corrected chi connectivity index (χ2v) is 8.01. The van der Waals surface area contributed by atoms with E-state index in [0.717, 1.165) is 51.4 Å². The van der Waals surface area contributed by atoms with E-state index in [4.69, 9.17) is 0 Å². The molecule has 1 aliphatic rings. The Morgan fingerprint density at radius 3 is 2.34 bits per heavy atom. The van der Waals surface area contributed by atoms with Gasteiger partial charge in [0.2, 0.25) is 0 Å². The summed E-state index contributed by atoms with van der Waals surface area (Å²) in [5.41, 5.74) is 6.41. The molecule has 1 saturated heterocycles. The Bertz CT molecular complexity index is 910. The van der Waals surface area contributed by atoms with Crippen LogP contribution in [0.15, 0.2) is 54.7 Å². The van der Waals surface area contributed by atoms with Crippen LogP contribution < -0.4 is 4.90 Å². The van der Waals surface area contributed by atoms with Gasteiger partial charge in [0.1, 0.15) is 0 Å². The molecule has 29 heavy (non-hydrogen) atoms. The summed E-state index contributed by atoms with van der Waals surface area (Å²) in [5, 5.41) is 8.39. The SMILES string of the molecule is Cc1ccc(N2CCN(CCCCn3nncc3-c3ccccc3)CC2)cc1C. The molecule has 0 unspecified atom stereocenters. The maximum atomic E-state index is 4.28. The summed E-state index contributed by atoms with van der Waals surface area (Å²) >= 11 is 0. The van der Waals surface area contributed by atoms with Crippen molar-refractivity contribution in [3.63, 3.8) is 0 Å². The first-order valence-electron chi connectivity index (χ1n) is 10.7. The first-order valence-corrected chi connectivity index (χ1v) is 10.7. The van der Waals surface area contributed by atoms with Gasteiger partial charge in [0.15, 0.2) is 0 Å². The fourth-order valence-electron chi connectivity index (χ4n) is 4.00. The molecule has 3 aromatic rings. The minimum atomic E-state index is 0.923. The molecule has 0 saturated carbocycles. The van der Waals surface area contributed by atoms with Crippen LogP contribution in [-0.2, 0) is 6.54 Å². The van der Waals surface area contributed by atoms with E-state index in [-0.39, 0.29) is 0 Å². The molecular formula is C24H31N5. The van der Waals surface area contributed by atoms with E-state index in [1.54, 1.807) is 0 Å². The molecule has 0 amide bonds. The van der Waals surface area contributed by atoms with Gasteiger partial charge in [-0.1, -0.05) is 41.6 Å². The number of hydrogen-bond acceptors (Lipinski definition) is 4. The number of piperazine rings is 1. The Balaban J connectivity index is 1.21.